The highest BCUT2D eigenvalue weighted by atomic mass is 79.9. The largest absolute Gasteiger partial charge is 0.309 e. The molecule has 2 heterocycles. The van der Waals surface area contributed by atoms with E-state index in [1.54, 1.807) is 0 Å². The van der Waals surface area contributed by atoms with E-state index in [1.165, 1.54) is 116 Å². The van der Waals surface area contributed by atoms with Crippen LogP contribution in [0.3, 0.4) is 0 Å². The van der Waals surface area contributed by atoms with E-state index in [0.29, 0.717) is 0 Å². The van der Waals surface area contributed by atoms with Crippen molar-refractivity contribution in [2.24, 2.45) is 0 Å². The second kappa shape index (κ2) is 15.7. The number of hydrogen-bond donors (Lipinski definition) is 0. The summed E-state index contributed by atoms with van der Waals surface area (Å²) in [6.45, 7) is 9.30. The highest BCUT2D eigenvalue weighted by molar-refractivity contribution is 9.10. The zero-order valence-corrected chi connectivity index (χ0v) is 40.7. The van der Waals surface area contributed by atoms with Crippen LogP contribution >= 0.6 is 15.9 Å². The molecule has 69 heavy (non-hydrogen) atoms. The molecule has 0 unspecified atom stereocenters. The predicted molar refractivity (Wildman–Crippen MR) is 295 cm³/mol. The summed E-state index contributed by atoms with van der Waals surface area (Å²) in [5.74, 6) is 0. The second-order valence-corrected chi connectivity index (χ2v) is 20.8. The molecular weight excluding hydrogens is 901 g/mol. The van der Waals surface area contributed by atoms with Crippen LogP contribution in [0.5, 0.6) is 0 Å². The van der Waals surface area contributed by atoms with Crippen molar-refractivity contribution in [3.63, 3.8) is 0 Å². The normalized spacial score (nSPS) is 13.8. The van der Waals surface area contributed by atoms with Gasteiger partial charge in [0.05, 0.1) is 22.1 Å². The molecule has 2 aliphatic rings. The monoisotopic (exact) mass is 948 g/mol. The van der Waals surface area contributed by atoms with E-state index in [0.717, 1.165) is 10.2 Å². The molecule has 0 spiro atoms. The third-order valence-corrected chi connectivity index (χ3v) is 15.8. The summed E-state index contributed by atoms with van der Waals surface area (Å²) in [7, 11) is 0. The lowest BCUT2D eigenvalue weighted by atomic mass is 9.82. The first-order valence-electron chi connectivity index (χ1n) is 24.0. The van der Waals surface area contributed by atoms with Gasteiger partial charge >= 0.3 is 0 Å². The fourth-order valence-electron chi connectivity index (χ4n) is 11.8. The molecule has 0 radical (unpaired) electrons. The SMILES string of the molecule is CC1(C)c2ccccc2-c2ccc(-n3c4ccccc4c4cc(-c5ccc6c7ccccc7n(-c7ccc(-c8ccccc8)cc7)c6c5)ccc43)cc21.CC1(C)c2ccccc2-c2ccc(Br)cc21. The van der Waals surface area contributed by atoms with Gasteiger partial charge in [0.2, 0.25) is 0 Å². The second-order valence-electron chi connectivity index (χ2n) is 19.8. The molecule has 0 amide bonds. The molecule has 10 aromatic carbocycles. The van der Waals surface area contributed by atoms with E-state index >= 15 is 0 Å². The number of para-hydroxylation sites is 2. The molecule has 2 nitrogen and oxygen atoms in total. The van der Waals surface area contributed by atoms with Gasteiger partial charge in [-0.05, 0) is 133 Å². The Balaban J connectivity index is 0.000000247. The van der Waals surface area contributed by atoms with Gasteiger partial charge in [-0.1, -0.05) is 201 Å². The first-order valence-corrected chi connectivity index (χ1v) is 24.8. The molecule has 14 rings (SSSR count). The van der Waals surface area contributed by atoms with Crippen molar-refractivity contribution in [2.75, 3.05) is 0 Å². The number of fused-ring (bicyclic) bond motifs is 12. The van der Waals surface area contributed by atoms with Crippen LogP contribution in [-0.4, -0.2) is 9.13 Å². The number of benzene rings is 10. The topological polar surface area (TPSA) is 9.86 Å². The van der Waals surface area contributed by atoms with Gasteiger partial charge in [0.15, 0.2) is 0 Å². The molecule has 0 fully saturated rings. The van der Waals surface area contributed by atoms with Crippen LogP contribution in [0.1, 0.15) is 49.9 Å². The van der Waals surface area contributed by atoms with Gasteiger partial charge in [-0.15, -0.1) is 0 Å². The zero-order chi connectivity index (χ0) is 46.6. The summed E-state index contributed by atoms with van der Waals surface area (Å²) in [5.41, 5.74) is 23.3. The van der Waals surface area contributed by atoms with Crippen molar-refractivity contribution in [3.05, 3.63) is 251 Å². The Morgan fingerprint density at radius 3 is 1.42 bits per heavy atom. The first-order chi connectivity index (χ1) is 33.6. The van der Waals surface area contributed by atoms with E-state index in [2.05, 4.69) is 277 Å². The Labute approximate surface area is 411 Å². The summed E-state index contributed by atoms with van der Waals surface area (Å²) < 4.78 is 6.03. The highest BCUT2D eigenvalue weighted by Gasteiger charge is 2.36. The summed E-state index contributed by atoms with van der Waals surface area (Å²) in [4.78, 5) is 0. The molecule has 0 atom stereocenters. The number of aromatic nitrogens is 2. The van der Waals surface area contributed by atoms with E-state index < -0.39 is 0 Å². The smallest absolute Gasteiger partial charge is 0.0547 e. The first kappa shape index (κ1) is 41.5. The van der Waals surface area contributed by atoms with Crippen LogP contribution in [0.15, 0.2) is 229 Å². The molecular formula is C66H49BrN2. The molecule has 12 aromatic rings. The third-order valence-electron chi connectivity index (χ3n) is 15.3. The van der Waals surface area contributed by atoms with Crippen LogP contribution in [0.25, 0.3) is 99.5 Å². The van der Waals surface area contributed by atoms with Crippen LogP contribution < -0.4 is 0 Å². The zero-order valence-electron chi connectivity index (χ0n) is 39.1. The fourth-order valence-corrected chi connectivity index (χ4v) is 12.2. The maximum atomic E-state index is 3.56. The minimum absolute atomic E-state index is 0.0566. The number of rotatable bonds is 4. The van der Waals surface area contributed by atoms with Gasteiger partial charge in [0.1, 0.15) is 0 Å². The lowest BCUT2D eigenvalue weighted by Crippen LogP contribution is -2.15. The van der Waals surface area contributed by atoms with Crippen molar-refractivity contribution in [1.29, 1.82) is 0 Å². The van der Waals surface area contributed by atoms with Crippen LogP contribution in [0, 0.1) is 0 Å². The van der Waals surface area contributed by atoms with Crippen molar-refractivity contribution in [2.45, 2.75) is 38.5 Å². The van der Waals surface area contributed by atoms with Crippen molar-refractivity contribution in [1.82, 2.24) is 9.13 Å². The lowest BCUT2D eigenvalue weighted by Gasteiger charge is -2.22. The van der Waals surface area contributed by atoms with Crippen molar-refractivity contribution >= 4 is 59.5 Å². The summed E-state index contributed by atoms with van der Waals surface area (Å²) in [6, 6.07) is 82.4. The fraction of sp³-hybridized carbons (Fsp3) is 0.0909. The van der Waals surface area contributed by atoms with Gasteiger partial charge in [0.25, 0.3) is 0 Å². The van der Waals surface area contributed by atoms with E-state index in [9.17, 15) is 0 Å². The maximum absolute atomic E-state index is 3.56. The quantitative estimate of drug-likeness (QED) is 0.166. The minimum Gasteiger partial charge on any atom is -0.309 e. The highest BCUT2D eigenvalue weighted by Crippen LogP contribution is 2.51. The van der Waals surface area contributed by atoms with E-state index in [1.807, 2.05) is 0 Å². The van der Waals surface area contributed by atoms with Crippen LogP contribution in [0.2, 0.25) is 0 Å². The molecule has 3 heteroatoms. The lowest BCUT2D eigenvalue weighted by molar-refractivity contribution is 0.660. The van der Waals surface area contributed by atoms with Gasteiger partial charge < -0.3 is 9.13 Å². The van der Waals surface area contributed by atoms with Crippen LogP contribution in [0.4, 0.5) is 0 Å². The summed E-state index contributed by atoms with van der Waals surface area (Å²) >= 11 is 3.56. The molecule has 0 bridgehead atoms. The Morgan fingerprint density at radius 1 is 0.290 bits per heavy atom. The van der Waals surface area contributed by atoms with Gasteiger partial charge in [-0.25, -0.2) is 0 Å². The molecule has 2 aliphatic carbocycles. The average Bonchev–Trinajstić information content (AvgIpc) is 4.05. The number of hydrogen-bond acceptors (Lipinski definition) is 0. The maximum Gasteiger partial charge on any atom is 0.0547 e. The molecule has 0 saturated heterocycles. The molecule has 0 aliphatic heterocycles. The Hall–Kier alpha value is -7.72. The van der Waals surface area contributed by atoms with Gasteiger partial charge in [0, 0.05) is 48.2 Å². The van der Waals surface area contributed by atoms with Gasteiger partial charge in [-0.2, -0.15) is 0 Å². The predicted octanol–water partition coefficient (Wildman–Crippen LogP) is 18.3. The van der Waals surface area contributed by atoms with Crippen LogP contribution in [-0.2, 0) is 10.8 Å². The van der Waals surface area contributed by atoms with Crippen molar-refractivity contribution in [3.8, 4) is 55.9 Å². The minimum atomic E-state index is -0.0566. The number of nitrogens with zero attached hydrogens (tertiary/aromatic N) is 2. The average molecular weight is 950 g/mol. The molecule has 0 N–H and O–H groups in total. The van der Waals surface area contributed by atoms with Gasteiger partial charge in [-0.3, -0.25) is 0 Å². The summed E-state index contributed by atoms with van der Waals surface area (Å²) in [6.07, 6.45) is 0. The molecule has 2 aromatic heterocycles. The number of halogens is 1. The Bertz CT molecular complexity index is 4010. The Kier molecular flexibility index (Phi) is 9.42. The standard InChI is InChI=1S/C51H36N2.C15H13Br/c1-51(2)45-17-9-6-14-39(45)40-28-26-38(32-46(40)51)53-48-19-11-8-16-42(48)44-30-35(23-29-49(44)53)36-22-27-43-41-15-7-10-18-47(41)52(50(43)31-36)37-24-20-34(21-25-37)33-12-4-3-5-13-33;1-15(2)13-6-4-3-5-11(13)12-8-7-10(16)9-14(12)15/h3-32H,1-2H3;3-9H,1-2H3. The van der Waals surface area contributed by atoms with Crippen molar-refractivity contribution < 1.29 is 0 Å². The molecule has 330 valence electrons. The summed E-state index contributed by atoms with van der Waals surface area (Å²) in [5, 5.41) is 5.05. The van der Waals surface area contributed by atoms with E-state index in [-0.39, 0.29) is 10.8 Å². The van der Waals surface area contributed by atoms with E-state index in [4.69, 9.17) is 0 Å². The molecule has 0 saturated carbocycles. The third kappa shape index (κ3) is 6.44. The Morgan fingerprint density at radius 2 is 0.739 bits per heavy atom.